The van der Waals surface area contributed by atoms with Crippen LogP contribution in [0.1, 0.15) is 48.8 Å². The molecule has 0 bridgehead atoms. The molecule has 2 rings (SSSR count). The molecule has 0 amide bonds. The van der Waals surface area contributed by atoms with E-state index in [9.17, 15) is 10.4 Å². The molecular formula is C14H19NOS. The van der Waals surface area contributed by atoms with Gasteiger partial charge >= 0.3 is 0 Å². The summed E-state index contributed by atoms with van der Waals surface area (Å²) in [6.45, 7) is 3.84. The highest BCUT2D eigenvalue weighted by molar-refractivity contribution is 7.12. The van der Waals surface area contributed by atoms with Gasteiger partial charge < -0.3 is 5.11 Å². The van der Waals surface area contributed by atoms with Crippen LogP contribution in [0.2, 0.25) is 0 Å². The van der Waals surface area contributed by atoms with Crippen molar-refractivity contribution in [2.45, 2.75) is 51.6 Å². The normalized spacial score (nSPS) is 22.7. The second-order valence-electron chi connectivity index (χ2n) is 5.24. The van der Waals surface area contributed by atoms with Gasteiger partial charge in [0.05, 0.1) is 11.5 Å². The zero-order chi connectivity index (χ0) is 12.5. The number of nitrogens with zero attached hydrogens (tertiary/aromatic N) is 1. The fourth-order valence-electron chi connectivity index (χ4n) is 2.79. The lowest BCUT2D eigenvalue weighted by atomic mass is 9.64. The number of hydrogen-bond donors (Lipinski definition) is 1. The zero-order valence-corrected chi connectivity index (χ0v) is 11.3. The van der Waals surface area contributed by atoms with Crippen LogP contribution in [0, 0.1) is 23.7 Å². The average Bonchev–Trinajstić information content (AvgIpc) is 2.77. The number of thiophene rings is 1. The summed E-state index contributed by atoms with van der Waals surface area (Å²) in [7, 11) is 0. The summed E-state index contributed by atoms with van der Waals surface area (Å²) in [5.41, 5.74) is -1.61. The van der Waals surface area contributed by atoms with Crippen LogP contribution >= 0.6 is 11.3 Å². The van der Waals surface area contributed by atoms with E-state index >= 15 is 0 Å². The van der Waals surface area contributed by atoms with Gasteiger partial charge in [0.15, 0.2) is 0 Å². The summed E-state index contributed by atoms with van der Waals surface area (Å²) in [4.78, 5) is 2.11. The third-order valence-electron chi connectivity index (χ3n) is 4.07. The van der Waals surface area contributed by atoms with Gasteiger partial charge in [-0.1, -0.05) is 19.3 Å². The number of aryl methyl sites for hydroxylation is 1. The largest absolute Gasteiger partial charge is 0.383 e. The molecule has 0 aliphatic heterocycles. The summed E-state index contributed by atoms with van der Waals surface area (Å²) in [6, 6.07) is 6.40. The minimum absolute atomic E-state index is 0.595. The van der Waals surface area contributed by atoms with E-state index in [-0.39, 0.29) is 0 Å². The molecule has 1 aromatic rings. The molecule has 1 saturated carbocycles. The Morgan fingerprint density at radius 2 is 2.00 bits per heavy atom. The van der Waals surface area contributed by atoms with E-state index in [1.54, 1.807) is 11.3 Å². The molecule has 17 heavy (non-hydrogen) atoms. The van der Waals surface area contributed by atoms with Gasteiger partial charge in [-0.15, -0.1) is 11.3 Å². The van der Waals surface area contributed by atoms with Gasteiger partial charge in [-0.3, -0.25) is 0 Å². The van der Waals surface area contributed by atoms with Gasteiger partial charge in [0.2, 0.25) is 0 Å². The maximum absolute atomic E-state index is 10.9. The van der Waals surface area contributed by atoms with E-state index in [0.717, 1.165) is 30.6 Å². The van der Waals surface area contributed by atoms with Crippen LogP contribution in [-0.4, -0.2) is 5.11 Å². The van der Waals surface area contributed by atoms with Gasteiger partial charge in [0, 0.05) is 9.75 Å². The van der Waals surface area contributed by atoms with E-state index in [0.29, 0.717) is 0 Å². The lowest BCUT2D eigenvalue weighted by molar-refractivity contribution is -0.0605. The Kier molecular flexibility index (Phi) is 3.29. The Labute approximate surface area is 107 Å². The van der Waals surface area contributed by atoms with Gasteiger partial charge in [0.25, 0.3) is 0 Å². The van der Waals surface area contributed by atoms with Crippen LogP contribution in [0.4, 0.5) is 0 Å². The van der Waals surface area contributed by atoms with E-state index in [2.05, 4.69) is 6.07 Å². The van der Waals surface area contributed by atoms with Gasteiger partial charge in [0.1, 0.15) is 5.60 Å². The molecule has 1 heterocycles. The van der Waals surface area contributed by atoms with E-state index in [1.807, 2.05) is 26.0 Å². The van der Waals surface area contributed by atoms with E-state index in [4.69, 9.17) is 0 Å². The minimum atomic E-state index is -1.01. The van der Waals surface area contributed by atoms with Gasteiger partial charge in [-0.2, -0.15) is 5.26 Å². The van der Waals surface area contributed by atoms with Crippen LogP contribution < -0.4 is 0 Å². The van der Waals surface area contributed by atoms with Crippen LogP contribution in [-0.2, 0) is 5.60 Å². The lowest BCUT2D eigenvalue weighted by Gasteiger charge is -2.42. The smallest absolute Gasteiger partial charge is 0.114 e. The summed E-state index contributed by atoms with van der Waals surface area (Å²) < 4.78 is 0. The Hall–Kier alpha value is -0.850. The third kappa shape index (κ3) is 2.00. The summed E-state index contributed by atoms with van der Waals surface area (Å²) >= 11 is 1.60. The van der Waals surface area contributed by atoms with Crippen LogP contribution in [0.5, 0.6) is 0 Å². The molecular weight excluding hydrogens is 230 g/mol. The van der Waals surface area contributed by atoms with Crippen molar-refractivity contribution in [1.82, 2.24) is 0 Å². The second-order valence-corrected chi connectivity index (χ2v) is 6.52. The number of aliphatic hydroxyl groups is 1. The highest BCUT2D eigenvalue weighted by atomic mass is 32.1. The number of hydrogen-bond acceptors (Lipinski definition) is 3. The van der Waals surface area contributed by atoms with Crippen molar-refractivity contribution in [3.63, 3.8) is 0 Å². The molecule has 1 atom stereocenters. The molecule has 0 aromatic carbocycles. The van der Waals surface area contributed by atoms with Crippen molar-refractivity contribution in [3.8, 4) is 6.07 Å². The Morgan fingerprint density at radius 1 is 1.35 bits per heavy atom. The maximum Gasteiger partial charge on any atom is 0.114 e. The predicted octanol–water partition coefficient (Wildman–Crippen LogP) is 3.74. The average molecular weight is 249 g/mol. The molecule has 92 valence electrons. The number of nitriles is 1. The minimum Gasteiger partial charge on any atom is -0.383 e. The molecule has 1 aliphatic carbocycles. The standard InChI is InChI=1S/C14H19NOS/c1-11-6-7-12(17-11)13(2,16)14(10-15)8-4-3-5-9-14/h6-7,16H,3-5,8-9H2,1-2H3. The second kappa shape index (κ2) is 4.44. The predicted molar refractivity (Wildman–Crippen MR) is 69.8 cm³/mol. The molecule has 1 aliphatic rings. The van der Waals surface area contributed by atoms with Crippen molar-refractivity contribution in [1.29, 1.82) is 5.26 Å². The van der Waals surface area contributed by atoms with Crippen molar-refractivity contribution in [3.05, 3.63) is 21.9 Å². The number of rotatable bonds is 2. The first kappa shape index (κ1) is 12.6. The van der Waals surface area contributed by atoms with Crippen molar-refractivity contribution in [2.75, 3.05) is 0 Å². The molecule has 0 spiro atoms. The topological polar surface area (TPSA) is 44.0 Å². The molecule has 1 aromatic heterocycles. The highest BCUT2D eigenvalue weighted by Crippen LogP contribution is 2.50. The van der Waals surface area contributed by atoms with Crippen molar-refractivity contribution in [2.24, 2.45) is 5.41 Å². The first-order valence-corrected chi connectivity index (χ1v) is 7.04. The lowest BCUT2D eigenvalue weighted by Crippen LogP contribution is -2.43. The Morgan fingerprint density at radius 3 is 2.47 bits per heavy atom. The maximum atomic E-state index is 10.9. The molecule has 0 saturated heterocycles. The Bertz CT molecular complexity index is 435. The molecule has 2 nitrogen and oxygen atoms in total. The van der Waals surface area contributed by atoms with E-state index in [1.165, 1.54) is 11.3 Å². The summed E-state index contributed by atoms with van der Waals surface area (Å²) in [5, 5.41) is 20.4. The van der Waals surface area contributed by atoms with Gasteiger partial charge in [-0.25, -0.2) is 0 Å². The fourth-order valence-corrected chi connectivity index (χ4v) is 3.81. The third-order valence-corrected chi connectivity index (χ3v) is 5.28. The zero-order valence-electron chi connectivity index (χ0n) is 10.5. The van der Waals surface area contributed by atoms with Crippen molar-refractivity contribution >= 4 is 11.3 Å². The molecule has 3 heteroatoms. The Balaban J connectivity index is 2.38. The molecule has 1 N–H and O–H groups in total. The summed E-state index contributed by atoms with van der Waals surface area (Å²) in [6.07, 6.45) is 4.91. The summed E-state index contributed by atoms with van der Waals surface area (Å²) in [5.74, 6) is 0. The first-order valence-electron chi connectivity index (χ1n) is 6.22. The van der Waals surface area contributed by atoms with Crippen molar-refractivity contribution < 1.29 is 5.11 Å². The monoisotopic (exact) mass is 249 g/mol. The van der Waals surface area contributed by atoms with Crippen LogP contribution in [0.15, 0.2) is 12.1 Å². The quantitative estimate of drug-likeness (QED) is 0.867. The first-order chi connectivity index (χ1) is 8.02. The molecule has 1 unspecified atom stereocenters. The van der Waals surface area contributed by atoms with Crippen LogP contribution in [0.25, 0.3) is 0 Å². The fraction of sp³-hybridized carbons (Fsp3) is 0.643. The SMILES string of the molecule is Cc1ccc(C(C)(O)C2(C#N)CCCCC2)s1. The van der Waals surface area contributed by atoms with Gasteiger partial charge in [-0.05, 0) is 38.8 Å². The molecule has 0 radical (unpaired) electrons. The molecule has 1 fully saturated rings. The highest BCUT2D eigenvalue weighted by Gasteiger charge is 2.49. The van der Waals surface area contributed by atoms with E-state index < -0.39 is 11.0 Å². The van der Waals surface area contributed by atoms with Crippen LogP contribution in [0.3, 0.4) is 0 Å².